The van der Waals surface area contributed by atoms with Gasteiger partial charge in [-0.25, -0.2) is 0 Å². The first-order chi connectivity index (χ1) is 10.1. The lowest BCUT2D eigenvalue weighted by molar-refractivity contribution is -0.121. The van der Waals surface area contributed by atoms with Crippen molar-refractivity contribution in [2.75, 3.05) is 13.1 Å². The number of carbonyl (C=O) groups is 1. The summed E-state index contributed by atoms with van der Waals surface area (Å²) in [5.74, 6) is 0.130. The second-order valence-electron chi connectivity index (χ2n) is 6.76. The molecule has 1 saturated carbocycles. The van der Waals surface area contributed by atoms with Crippen LogP contribution in [0.25, 0.3) is 0 Å². The Kier molecular flexibility index (Phi) is 5.80. The number of carbonyl (C=O) groups excluding carboxylic acids is 1. The van der Waals surface area contributed by atoms with E-state index in [1.807, 2.05) is 6.07 Å². The molecule has 0 saturated heterocycles. The Morgan fingerprint density at radius 1 is 1.14 bits per heavy atom. The van der Waals surface area contributed by atoms with Crippen LogP contribution in [0.15, 0.2) is 30.3 Å². The Labute approximate surface area is 128 Å². The van der Waals surface area contributed by atoms with Crippen LogP contribution in [0.3, 0.4) is 0 Å². The summed E-state index contributed by atoms with van der Waals surface area (Å²) in [5.41, 5.74) is 1.33. The lowest BCUT2D eigenvalue weighted by Crippen LogP contribution is -2.43. The monoisotopic (exact) mass is 288 g/mol. The van der Waals surface area contributed by atoms with Crippen LogP contribution in [0, 0.1) is 0 Å². The Balaban J connectivity index is 1.72. The van der Waals surface area contributed by atoms with Crippen LogP contribution >= 0.6 is 0 Å². The van der Waals surface area contributed by atoms with Crippen LogP contribution < -0.4 is 10.6 Å². The van der Waals surface area contributed by atoms with E-state index in [1.54, 1.807) is 0 Å². The van der Waals surface area contributed by atoms with Crippen molar-refractivity contribution in [2.45, 2.75) is 57.4 Å². The van der Waals surface area contributed by atoms with Crippen LogP contribution in [0.1, 0.15) is 51.5 Å². The quantitative estimate of drug-likeness (QED) is 0.845. The van der Waals surface area contributed by atoms with E-state index < -0.39 is 0 Å². The van der Waals surface area contributed by atoms with Gasteiger partial charge in [0.25, 0.3) is 0 Å². The van der Waals surface area contributed by atoms with Gasteiger partial charge >= 0.3 is 0 Å². The van der Waals surface area contributed by atoms with Crippen LogP contribution in [-0.4, -0.2) is 25.0 Å². The van der Waals surface area contributed by atoms with E-state index in [4.69, 9.17) is 0 Å². The van der Waals surface area contributed by atoms with Gasteiger partial charge in [0.1, 0.15) is 0 Å². The van der Waals surface area contributed by atoms with Crippen LogP contribution in [0.5, 0.6) is 0 Å². The number of hydrogen-bond donors (Lipinski definition) is 2. The van der Waals surface area contributed by atoms with Gasteiger partial charge in [-0.3, -0.25) is 4.79 Å². The average molecular weight is 288 g/mol. The molecule has 1 aliphatic rings. The molecule has 116 valence electrons. The molecule has 0 aromatic heterocycles. The van der Waals surface area contributed by atoms with Gasteiger partial charge in [-0.15, -0.1) is 0 Å². The standard InChI is InChI=1S/C18H28N2O/c1-18(2,15-9-5-3-6-10-15)14-19-13-17(21)20-16-11-7-4-8-12-16/h3,5-6,9-10,16,19H,4,7-8,11-14H2,1-2H3,(H,20,21). The van der Waals surface area contributed by atoms with Gasteiger partial charge in [-0.1, -0.05) is 63.4 Å². The zero-order valence-corrected chi connectivity index (χ0v) is 13.3. The molecule has 1 fully saturated rings. The fraction of sp³-hybridized carbons (Fsp3) is 0.611. The van der Waals surface area contributed by atoms with Gasteiger partial charge < -0.3 is 10.6 Å². The van der Waals surface area contributed by atoms with E-state index in [2.05, 4.69) is 48.7 Å². The highest BCUT2D eigenvalue weighted by Gasteiger charge is 2.20. The second kappa shape index (κ2) is 7.60. The van der Waals surface area contributed by atoms with Gasteiger partial charge in [0.15, 0.2) is 0 Å². The van der Waals surface area contributed by atoms with Gasteiger partial charge in [0.2, 0.25) is 5.91 Å². The van der Waals surface area contributed by atoms with Crippen molar-refractivity contribution in [3.05, 3.63) is 35.9 Å². The first-order valence-corrected chi connectivity index (χ1v) is 8.13. The van der Waals surface area contributed by atoms with Crippen LogP contribution in [-0.2, 0) is 10.2 Å². The maximum Gasteiger partial charge on any atom is 0.234 e. The molecule has 1 aromatic rings. The van der Waals surface area contributed by atoms with Gasteiger partial charge in [-0.05, 0) is 18.4 Å². The van der Waals surface area contributed by atoms with Gasteiger partial charge in [0.05, 0.1) is 6.54 Å². The largest absolute Gasteiger partial charge is 0.352 e. The molecular weight excluding hydrogens is 260 g/mol. The normalized spacial score (nSPS) is 16.7. The number of benzene rings is 1. The summed E-state index contributed by atoms with van der Waals surface area (Å²) in [4.78, 5) is 12.0. The third-order valence-corrected chi connectivity index (χ3v) is 4.38. The van der Waals surface area contributed by atoms with E-state index in [9.17, 15) is 4.79 Å². The first-order valence-electron chi connectivity index (χ1n) is 8.13. The SMILES string of the molecule is CC(C)(CNCC(=O)NC1CCCCC1)c1ccccc1. The number of amides is 1. The molecule has 2 rings (SSSR count). The average Bonchev–Trinajstić information content (AvgIpc) is 2.49. The molecular formula is C18H28N2O. The van der Waals surface area contributed by atoms with E-state index in [1.165, 1.54) is 24.8 Å². The minimum atomic E-state index is 0.0341. The summed E-state index contributed by atoms with van der Waals surface area (Å²) in [6.07, 6.45) is 6.09. The van der Waals surface area contributed by atoms with Crippen molar-refractivity contribution in [1.82, 2.24) is 10.6 Å². The molecule has 1 aromatic carbocycles. The second-order valence-corrected chi connectivity index (χ2v) is 6.76. The number of hydrogen-bond acceptors (Lipinski definition) is 2. The predicted molar refractivity (Wildman–Crippen MR) is 87.4 cm³/mol. The molecule has 0 spiro atoms. The predicted octanol–water partition coefficient (Wildman–Crippen LogP) is 3.00. The maximum atomic E-state index is 12.0. The van der Waals surface area contributed by atoms with E-state index >= 15 is 0 Å². The first kappa shape index (κ1) is 16.0. The zero-order valence-electron chi connectivity index (χ0n) is 13.3. The third kappa shape index (κ3) is 5.16. The minimum Gasteiger partial charge on any atom is -0.352 e. The van der Waals surface area contributed by atoms with Gasteiger partial charge in [0, 0.05) is 18.0 Å². The lowest BCUT2D eigenvalue weighted by Gasteiger charge is -2.26. The van der Waals surface area contributed by atoms with E-state index in [-0.39, 0.29) is 11.3 Å². The van der Waals surface area contributed by atoms with Crippen molar-refractivity contribution < 1.29 is 4.79 Å². The molecule has 0 unspecified atom stereocenters. The van der Waals surface area contributed by atoms with Crippen molar-refractivity contribution in [1.29, 1.82) is 0 Å². The fourth-order valence-electron chi connectivity index (χ4n) is 3.01. The fourth-order valence-corrected chi connectivity index (χ4v) is 3.01. The molecule has 0 aliphatic heterocycles. The summed E-state index contributed by atoms with van der Waals surface area (Å²) in [7, 11) is 0. The minimum absolute atomic E-state index is 0.0341. The lowest BCUT2D eigenvalue weighted by atomic mass is 9.84. The molecule has 2 N–H and O–H groups in total. The molecule has 1 aliphatic carbocycles. The van der Waals surface area contributed by atoms with Crippen LogP contribution in [0.4, 0.5) is 0 Å². The van der Waals surface area contributed by atoms with E-state index in [0.717, 1.165) is 19.4 Å². The molecule has 3 nitrogen and oxygen atoms in total. The molecule has 1 amide bonds. The molecule has 3 heteroatoms. The molecule has 0 radical (unpaired) electrons. The zero-order chi connectivity index (χ0) is 15.1. The van der Waals surface area contributed by atoms with Crippen molar-refractivity contribution in [3.63, 3.8) is 0 Å². The summed E-state index contributed by atoms with van der Waals surface area (Å²) in [5, 5.41) is 6.44. The van der Waals surface area contributed by atoms with Gasteiger partial charge in [-0.2, -0.15) is 0 Å². The Morgan fingerprint density at radius 3 is 2.48 bits per heavy atom. The Bertz CT molecular complexity index is 436. The van der Waals surface area contributed by atoms with Crippen LogP contribution in [0.2, 0.25) is 0 Å². The number of nitrogens with one attached hydrogen (secondary N) is 2. The topological polar surface area (TPSA) is 41.1 Å². The third-order valence-electron chi connectivity index (χ3n) is 4.38. The summed E-state index contributed by atoms with van der Waals surface area (Å²) in [6.45, 7) is 5.62. The summed E-state index contributed by atoms with van der Waals surface area (Å²) < 4.78 is 0. The molecule has 0 heterocycles. The van der Waals surface area contributed by atoms with Crippen molar-refractivity contribution >= 4 is 5.91 Å². The Hall–Kier alpha value is -1.35. The molecule has 0 atom stereocenters. The highest BCUT2D eigenvalue weighted by atomic mass is 16.1. The van der Waals surface area contributed by atoms with E-state index in [0.29, 0.717) is 12.6 Å². The molecule has 0 bridgehead atoms. The highest BCUT2D eigenvalue weighted by Crippen LogP contribution is 2.21. The Morgan fingerprint density at radius 2 is 1.81 bits per heavy atom. The van der Waals surface area contributed by atoms with Crippen molar-refractivity contribution in [2.24, 2.45) is 0 Å². The van der Waals surface area contributed by atoms with Crippen molar-refractivity contribution in [3.8, 4) is 0 Å². The smallest absolute Gasteiger partial charge is 0.234 e. The summed E-state index contributed by atoms with van der Waals surface area (Å²) >= 11 is 0. The maximum absolute atomic E-state index is 12.0. The number of rotatable bonds is 6. The molecule has 21 heavy (non-hydrogen) atoms. The highest BCUT2D eigenvalue weighted by molar-refractivity contribution is 5.78. The summed E-state index contributed by atoms with van der Waals surface area (Å²) in [6, 6.07) is 10.8.